The quantitative estimate of drug-likeness (QED) is 0.781. The fraction of sp³-hybridized carbons (Fsp3) is 0.636. The van der Waals surface area contributed by atoms with Crippen molar-refractivity contribution in [1.82, 2.24) is 15.1 Å². The number of carbonyl (C=O) groups is 2. The maximum atomic E-state index is 12.8. The van der Waals surface area contributed by atoms with Gasteiger partial charge in [0.05, 0.1) is 13.2 Å². The molecular weight excluding hydrogens is 354 g/mol. The molecule has 1 saturated carbocycles. The molecule has 3 rings (SSSR count). The number of benzene rings is 1. The summed E-state index contributed by atoms with van der Waals surface area (Å²) in [6.07, 6.45) is 5.65. The summed E-state index contributed by atoms with van der Waals surface area (Å²) in [6, 6.07) is 7.25. The normalized spacial score (nSPS) is 19.4. The predicted octanol–water partition coefficient (Wildman–Crippen LogP) is 2.54. The second-order valence-corrected chi connectivity index (χ2v) is 7.84. The summed E-state index contributed by atoms with van der Waals surface area (Å²) in [5, 5.41) is 3.10. The lowest BCUT2D eigenvalue weighted by molar-refractivity contribution is -0.129. The van der Waals surface area contributed by atoms with Crippen molar-refractivity contribution < 1.29 is 14.3 Å². The van der Waals surface area contributed by atoms with E-state index in [2.05, 4.69) is 17.1 Å². The molecule has 1 unspecified atom stereocenters. The van der Waals surface area contributed by atoms with Crippen molar-refractivity contribution in [2.24, 2.45) is 5.92 Å². The van der Waals surface area contributed by atoms with E-state index in [4.69, 9.17) is 4.74 Å². The van der Waals surface area contributed by atoms with Crippen molar-refractivity contribution in [3.8, 4) is 5.75 Å². The van der Waals surface area contributed by atoms with Gasteiger partial charge in [-0.1, -0.05) is 25.8 Å². The summed E-state index contributed by atoms with van der Waals surface area (Å²) in [7, 11) is 1.61. The van der Waals surface area contributed by atoms with Gasteiger partial charge in [0.1, 0.15) is 5.75 Å². The minimum atomic E-state index is -0.0527. The maximum absolute atomic E-state index is 12.8. The lowest BCUT2D eigenvalue weighted by atomic mass is 9.95. The van der Waals surface area contributed by atoms with E-state index in [0.717, 1.165) is 38.9 Å². The van der Waals surface area contributed by atoms with Crippen LogP contribution < -0.4 is 10.1 Å². The first-order valence-corrected chi connectivity index (χ1v) is 10.6. The Labute approximate surface area is 168 Å². The van der Waals surface area contributed by atoms with Gasteiger partial charge in [-0.2, -0.15) is 0 Å². The third-order valence-corrected chi connectivity index (χ3v) is 5.98. The van der Waals surface area contributed by atoms with Gasteiger partial charge in [-0.25, -0.2) is 0 Å². The molecule has 6 nitrogen and oxygen atoms in total. The number of methoxy groups -OCH3 is 1. The van der Waals surface area contributed by atoms with Crippen molar-refractivity contribution in [2.75, 3.05) is 39.8 Å². The number of hydrogen-bond donors (Lipinski definition) is 1. The SMILES string of the molecule is CCCNC(=O)C(C1CCCC1)N1CCN(C(=O)c2cccc(OC)c2)CC1. The second-order valence-electron chi connectivity index (χ2n) is 7.84. The molecule has 1 saturated heterocycles. The maximum Gasteiger partial charge on any atom is 0.254 e. The van der Waals surface area contributed by atoms with Crippen LogP contribution in [0.2, 0.25) is 0 Å². The topological polar surface area (TPSA) is 61.9 Å². The second kappa shape index (κ2) is 9.92. The molecule has 2 amide bonds. The van der Waals surface area contributed by atoms with Gasteiger partial charge in [0.15, 0.2) is 0 Å². The standard InChI is InChI=1S/C22H33N3O3/c1-3-11-23-21(26)20(17-7-4-5-8-17)24-12-14-25(15-13-24)22(27)18-9-6-10-19(16-18)28-2/h6,9-10,16-17,20H,3-5,7-8,11-15H2,1-2H3,(H,23,26). The molecule has 154 valence electrons. The molecule has 1 aromatic rings. The predicted molar refractivity (Wildman–Crippen MR) is 110 cm³/mol. The van der Waals surface area contributed by atoms with Crippen molar-refractivity contribution in [2.45, 2.75) is 45.1 Å². The molecule has 2 aliphatic rings. The molecule has 0 bridgehead atoms. The molecular formula is C22H33N3O3. The Morgan fingerprint density at radius 1 is 1.18 bits per heavy atom. The highest BCUT2D eigenvalue weighted by atomic mass is 16.5. The highest BCUT2D eigenvalue weighted by molar-refractivity contribution is 5.94. The number of rotatable bonds is 7. The van der Waals surface area contributed by atoms with Crippen LogP contribution in [0.25, 0.3) is 0 Å². The summed E-state index contributed by atoms with van der Waals surface area (Å²) < 4.78 is 5.23. The summed E-state index contributed by atoms with van der Waals surface area (Å²) >= 11 is 0. The number of carbonyl (C=O) groups excluding carboxylic acids is 2. The lowest BCUT2D eigenvalue weighted by Gasteiger charge is -2.40. The number of amides is 2. The first kappa shape index (κ1) is 20.6. The summed E-state index contributed by atoms with van der Waals surface area (Å²) in [4.78, 5) is 29.9. The zero-order valence-corrected chi connectivity index (χ0v) is 17.2. The van der Waals surface area contributed by atoms with E-state index in [1.165, 1.54) is 12.8 Å². The molecule has 28 heavy (non-hydrogen) atoms. The Morgan fingerprint density at radius 2 is 1.89 bits per heavy atom. The van der Waals surface area contributed by atoms with Crippen LogP contribution in [-0.2, 0) is 4.79 Å². The minimum absolute atomic E-state index is 0.0337. The van der Waals surface area contributed by atoms with E-state index < -0.39 is 0 Å². The number of ether oxygens (including phenoxy) is 1. The van der Waals surface area contributed by atoms with Gasteiger partial charge in [-0.3, -0.25) is 14.5 Å². The van der Waals surface area contributed by atoms with Crippen LogP contribution in [0.5, 0.6) is 5.75 Å². The van der Waals surface area contributed by atoms with E-state index in [9.17, 15) is 9.59 Å². The van der Waals surface area contributed by atoms with E-state index in [-0.39, 0.29) is 17.9 Å². The highest BCUT2D eigenvalue weighted by Crippen LogP contribution is 2.31. The molecule has 2 fully saturated rings. The van der Waals surface area contributed by atoms with Gasteiger partial charge < -0.3 is 15.0 Å². The number of nitrogens with zero attached hydrogens (tertiary/aromatic N) is 2. The van der Waals surface area contributed by atoms with Gasteiger partial charge in [0.2, 0.25) is 5.91 Å². The van der Waals surface area contributed by atoms with Crippen LogP contribution in [-0.4, -0.2) is 67.5 Å². The van der Waals surface area contributed by atoms with Crippen molar-refractivity contribution in [3.63, 3.8) is 0 Å². The first-order valence-electron chi connectivity index (χ1n) is 10.6. The molecule has 0 aromatic heterocycles. The van der Waals surface area contributed by atoms with Gasteiger partial charge in [-0.15, -0.1) is 0 Å². The summed E-state index contributed by atoms with van der Waals surface area (Å²) in [5.41, 5.74) is 0.654. The third-order valence-electron chi connectivity index (χ3n) is 5.98. The Morgan fingerprint density at radius 3 is 2.54 bits per heavy atom. The molecule has 1 heterocycles. The van der Waals surface area contributed by atoms with Crippen molar-refractivity contribution >= 4 is 11.8 Å². The molecule has 0 spiro atoms. The van der Waals surface area contributed by atoms with Crippen LogP contribution in [0.1, 0.15) is 49.4 Å². The molecule has 0 radical (unpaired) electrons. The van der Waals surface area contributed by atoms with E-state index in [0.29, 0.717) is 30.3 Å². The number of hydrogen-bond acceptors (Lipinski definition) is 4. The van der Waals surface area contributed by atoms with E-state index >= 15 is 0 Å². The van der Waals surface area contributed by atoms with E-state index in [1.54, 1.807) is 13.2 Å². The monoisotopic (exact) mass is 387 g/mol. The zero-order chi connectivity index (χ0) is 19.9. The number of nitrogens with one attached hydrogen (secondary N) is 1. The number of piperazine rings is 1. The molecule has 1 aromatic carbocycles. The molecule has 1 aliphatic carbocycles. The average Bonchev–Trinajstić information content (AvgIpc) is 3.26. The molecule has 1 aliphatic heterocycles. The Balaban J connectivity index is 1.62. The fourth-order valence-corrected chi connectivity index (χ4v) is 4.45. The Hall–Kier alpha value is -2.08. The van der Waals surface area contributed by atoms with Crippen molar-refractivity contribution in [1.29, 1.82) is 0 Å². The van der Waals surface area contributed by atoms with Gasteiger partial charge >= 0.3 is 0 Å². The highest BCUT2D eigenvalue weighted by Gasteiger charge is 2.37. The van der Waals surface area contributed by atoms with Gasteiger partial charge in [-0.05, 0) is 43.4 Å². The Kier molecular flexibility index (Phi) is 7.31. The fourth-order valence-electron chi connectivity index (χ4n) is 4.45. The van der Waals surface area contributed by atoms with Crippen LogP contribution in [0.4, 0.5) is 0 Å². The molecule has 1 atom stereocenters. The van der Waals surface area contributed by atoms with Crippen LogP contribution >= 0.6 is 0 Å². The van der Waals surface area contributed by atoms with E-state index in [1.807, 2.05) is 23.1 Å². The summed E-state index contributed by atoms with van der Waals surface area (Å²) in [5.74, 6) is 1.34. The largest absolute Gasteiger partial charge is 0.497 e. The smallest absolute Gasteiger partial charge is 0.254 e. The minimum Gasteiger partial charge on any atom is -0.497 e. The van der Waals surface area contributed by atoms with Gasteiger partial charge in [0, 0.05) is 38.3 Å². The molecule has 6 heteroatoms. The Bertz CT molecular complexity index is 665. The molecule has 1 N–H and O–H groups in total. The average molecular weight is 388 g/mol. The first-order chi connectivity index (χ1) is 13.6. The third kappa shape index (κ3) is 4.85. The van der Waals surface area contributed by atoms with Crippen LogP contribution in [0.3, 0.4) is 0 Å². The van der Waals surface area contributed by atoms with Crippen LogP contribution in [0.15, 0.2) is 24.3 Å². The lowest BCUT2D eigenvalue weighted by Crippen LogP contribution is -2.58. The van der Waals surface area contributed by atoms with Gasteiger partial charge in [0.25, 0.3) is 5.91 Å². The zero-order valence-electron chi connectivity index (χ0n) is 17.2. The summed E-state index contributed by atoms with van der Waals surface area (Å²) in [6.45, 7) is 5.61. The van der Waals surface area contributed by atoms with Crippen molar-refractivity contribution in [3.05, 3.63) is 29.8 Å². The van der Waals surface area contributed by atoms with Crippen LogP contribution in [0, 0.1) is 5.92 Å².